The molecule has 20 heavy (non-hydrogen) atoms. The van der Waals surface area contributed by atoms with Gasteiger partial charge < -0.3 is 10.1 Å². The second kappa shape index (κ2) is 5.47. The van der Waals surface area contributed by atoms with E-state index in [2.05, 4.69) is 54.1 Å². The number of hydrogen-bond acceptors (Lipinski definition) is 3. The molecule has 1 aromatic carbocycles. The number of rotatable bonds is 1. The van der Waals surface area contributed by atoms with Gasteiger partial charge >= 0.3 is 0 Å². The molecular formula is C17H22N2O. The molecule has 1 fully saturated rings. The number of ether oxygens (including phenoxy) is 1. The quantitative estimate of drug-likeness (QED) is 0.786. The minimum Gasteiger partial charge on any atom is -0.487 e. The Kier molecular flexibility index (Phi) is 3.69. The molecule has 3 nitrogen and oxygen atoms in total. The molecule has 0 saturated carbocycles. The van der Waals surface area contributed by atoms with Gasteiger partial charge in [0.25, 0.3) is 0 Å². The van der Waals surface area contributed by atoms with Crippen molar-refractivity contribution in [1.82, 2.24) is 10.2 Å². The molecular weight excluding hydrogens is 248 g/mol. The van der Waals surface area contributed by atoms with E-state index >= 15 is 0 Å². The second-order valence-corrected chi connectivity index (χ2v) is 6.19. The van der Waals surface area contributed by atoms with Gasteiger partial charge in [-0.3, -0.25) is 4.90 Å². The van der Waals surface area contributed by atoms with Gasteiger partial charge in [0.05, 0.1) is 6.54 Å². The van der Waals surface area contributed by atoms with E-state index in [0.717, 1.165) is 50.5 Å². The zero-order valence-electron chi connectivity index (χ0n) is 12.3. The topological polar surface area (TPSA) is 24.5 Å². The highest BCUT2D eigenvalue weighted by molar-refractivity contribution is 5.47. The van der Waals surface area contributed by atoms with E-state index in [9.17, 15) is 0 Å². The molecule has 3 rings (SSSR count). The van der Waals surface area contributed by atoms with Crippen molar-refractivity contribution < 1.29 is 4.74 Å². The SMILES string of the molecule is CC1(C)Cc2cc(C#CCN3CCNCC3)ccc2O1. The van der Waals surface area contributed by atoms with E-state index < -0.39 is 0 Å². The number of nitrogens with zero attached hydrogens (tertiary/aromatic N) is 1. The van der Waals surface area contributed by atoms with Crippen LogP contribution in [0.2, 0.25) is 0 Å². The van der Waals surface area contributed by atoms with Crippen molar-refractivity contribution >= 4 is 0 Å². The van der Waals surface area contributed by atoms with Gasteiger partial charge in [-0.15, -0.1) is 0 Å². The normalized spacial score (nSPS) is 20.7. The van der Waals surface area contributed by atoms with Crippen molar-refractivity contribution in [3.05, 3.63) is 29.3 Å². The molecule has 0 radical (unpaired) electrons. The first-order chi connectivity index (χ1) is 9.62. The van der Waals surface area contributed by atoms with Crippen molar-refractivity contribution in [2.24, 2.45) is 0 Å². The molecule has 0 spiro atoms. The largest absolute Gasteiger partial charge is 0.487 e. The van der Waals surface area contributed by atoms with Crippen LogP contribution in [-0.2, 0) is 6.42 Å². The van der Waals surface area contributed by atoms with Crippen LogP contribution >= 0.6 is 0 Å². The average Bonchev–Trinajstić information content (AvgIpc) is 2.73. The summed E-state index contributed by atoms with van der Waals surface area (Å²) in [6.07, 6.45) is 0.968. The van der Waals surface area contributed by atoms with Crippen LogP contribution in [0.4, 0.5) is 0 Å². The lowest BCUT2D eigenvalue weighted by Gasteiger charge is -2.24. The summed E-state index contributed by atoms with van der Waals surface area (Å²) in [5.74, 6) is 7.59. The van der Waals surface area contributed by atoms with E-state index in [0.29, 0.717) is 0 Å². The standard InChI is InChI=1S/C17H22N2O/c1-17(2)13-15-12-14(5-6-16(15)20-17)4-3-9-19-10-7-18-8-11-19/h5-6,12,18H,7-11,13H2,1-2H3. The number of piperazine rings is 1. The Hall–Kier alpha value is -1.50. The third-order valence-corrected chi connectivity index (χ3v) is 3.81. The maximum atomic E-state index is 5.89. The maximum Gasteiger partial charge on any atom is 0.123 e. The summed E-state index contributed by atoms with van der Waals surface area (Å²) in [6, 6.07) is 6.29. The number of fused-ring (bicyclic) bond motifs is 1. The molecule has 0 atom stereocenters. The van der Waals surface area contributed by atoms with Gasteiger partial charge in [-0.05, 0) is 37.6 Å². The Morgan fingerprint density at radius 1 is 1.30 bits per heavy atom. The zero-order valence-corrected chi connectivity index (χ0v) is 12.3. The molecule has 0 aromatic heterocycles. The molecule has 3 heteroatoms. The third kappa shape index (κ3) is 3.15. The fraction of sp³-hybridized carbons (Fsp3) is 0.529. The Morgan fingerprint density at radius 2 is 2.10 bits per heavy atom. The Morgan fingerprint density at radius 3 is 2.90 bits per heavy atom. The smallest absolute Gasteiger partial charge is 0.123 e. The van der Waals surface area contributed by atoms with E-state index in [1.54, 1.807) is 0 Å². The minimum absolute atomic E-state index is 0.0742. The van der Waals surface area contributed by atoms with Crippen molar-refractivity contribution in [2.75, 3.05) is 32.7 Å². The molecule has 0 amide bonds. The van der Waals surface area contributed by atoms with Gasteiger partial charge in [-0.2, -0.15) is 0 Å². The molecule has 0 aliphatic carbocycles. The summed E-state index contributed by atoms with van der Waals surface area (Å²) >= 11 is 0. The Balaban J connectivity index is 1.65. The molecule has 1 aromatic rings. The lowest BCUT2D eigenvalue weighted by molar-refractivity contribution is 0.138. The van der Waals surface area contributed by atoms with Gasteiger partial charge in [-0.25, -0.2) is 0 Å². The van der Waals surface area contributed by atoms with Crippen LogP contribution < -0.4 is 10.1 Å². The molecule has 106 valence electrons. The number of nitrogens with one attached hydrogen (secondary N) is 1. The van der Waals surface area contributed by atoms with Crippen LogP contribution in [0.5, 0.6) is 5.75 Å². The van der Waals surface area contributed by atoms with E-state index in [1.165, 1.54) is 5.56 Å². The molecule has 1 saturated heterocycles. The maximum absolute atomic E-state index is 5.89. The van der Waals surface area contributed by atoms with Crippen molar-refractivity contribution in [3.8, 4) is 17.6 Å². The van der Waals surface area contributed by atoms with Gasteiger partial charge in [0, 0.05) is 38.2 Å². The highest BCUT2D eigenvalue weighted by Crippen LogP contribution is 2.34. The summed E-state index contributed by atoms with van der Waals surface area (Å²) in [6.45, 7) is 9.47. The summed E-state index contributed by atoms with van der Waals surface area (Å²) in [7, 11) is 0. The van der Waals surface area contributed by atoms with Gasteiger partial charge in [0.1, 0.15) is 11.4 Å². The van der Waals surface area contributed by atoms with Crippen molar-refractivity contribution in [2.45, 2.75) is 25.9 Å². The van der Waals surface area contributed by atoms with Crippen LogP contribution in [0.1, 0.15) is 25.0 Å². The predicted octanol–water partition coefficient (Wildman–Crippen LogP) is 1.66. The summed E-state index contributed by atoms with van der Waals surface area (Å²) in [4.78, 5) is 2.39. The van der Waals surface area contributed by atoms with Gasteiger partial charge in [-0.1, -0.05) is 11.8 Å². The highest BCUT2D eigenvalue weighted by Gasteiger charge is 2.29. The lowest BCUT2D eigenvalue weighted by atomic mass is 10.0. The van der Waals surface area contributed by atoms with Crippen LogP contribution in [-0.4, -0.2) is 43.2 Å². The van der Waals surface area contributed by atoms with Crippen molar-refractivity contribution in [1.29, 1.82) is 0 Å². The first kappa shape index (κ1) is 13.5. The monoisotopic (exact) mass is 270 g/mol. The molecule has 0 bridgehead atoms. The summed E-state index contributed by atoms with van der Waals surface area (Å²) in [5, 5.41) is 3.35. The highest BCUT2D eigenvalue weighted by atomic mass is 16.5. The summed E-state index contributed by atoms with van der Waals surface area (Å²) in [5.41, 5.74) is 2.30. The number of benzene rings is 1. The molecule has 0 unspecified atom stereocenters. The second-order valence-electron chi connectivity index (χ2n) is 6.19. The summed E-state index contributed by atoms with van der Waals surface area (Å²) < 4.78 is 5.89. The molecule has 2 heterocycles. The molecule has 2 aliphatic heterocycles. The lowest BCUT2D eigenvalue weighted by Crippen LogP contribution is -2.43. The zero-order chi connectivity index (χ0) is 14.0. The molecule has 1 N–H and O–H groups in total. The first-order valence-electron chi connectivity index (χ1n) is 7.36. The van der Waals surface area contributed by atoms with Crippen LogP contribution in [0.15, 0.2) is 18.2 Å². The average molecular weight is 270 g/mol. The number of hydrogen-bond donors (Lipinski definition) is 1. The van der Waals surface area contributed by atoms with Crippen LogP contribution in [0, 0.1) is 11.8 Å². The van der Waals surface area contributed by atoms with Gasteiger partial charge in [0.15, 0.2) is 0 Å². The van der Waals surface area contributed by atoms with Crippen molar-refractivity contribution in [3.63, 3.8) is 0 Å². The Bertz CT molecular complexity index is 548. The molecule has 2 aliphatic rings. The van der Waals surface area contributed by atoms with E-state index in [-0.39, 0.29) is 5.60 Å². The van der Waals surface area contributed by atoms with Crippen LogP contribution in [0.3, 0.4) is 0 Å². The van der Waals surface area contributed by atoms with Crippen LogP contribution in [0.25, 0.3) is 0 Å². The minimum atomic E-state index is -0.0742. The fourth-order valence-corrected chi connectivity index (χ4v) is 2.81. The van der Waals surface area contributed by atoms with E-state index in [4.69, 9.17) is 4.74 Å². The predicted molar refractivity (Wildman–Crippen MR) is 81.0 cm³/mol. The van der Waals surface area contributed by atoms with Gasteiger partial charge in [0.2, 0.25) is 0 Å². The first-order valence-corrected chi connectivity index (χ1v) is 7.36. The fourth-order valence-electron chi connectivity index (χ4n) is 2.81. The third-order valence-electron chi connectivity index (χ3n) is 3.81. The Labute approximate surface area is 121 Å². The van der Waals surface area contributed by atoms with E-state index in [1.807, 2.05) is 0 Å².